The van der Waals surface area contributed by atoms with Gasteiger partial charge in [-0.15, -0.1) is 11.3 Å². The van der Waals surface area contributed by atoms with Crippen molar-refractivity contribution >= 4 is 23.3 Å². The largest absolute Gasteiger partial charge is 0.477 e. The average molecular weight is 297 g/mol. The van der Waals surface area contributed by atoms with Crippen LogP contribution in [0.3, 0.4) is 0 Å². The summed E-state index contributed by atoms with van der Waals surface area (Å²) in [6.45, 7) is 3.97. The summed E-state index contributed by atoms with van der Waals surface area (Å²) >= 11 is 1.10. The number of thiazole rings is 1. The summed E-state index contributed by atoms with van der Waals surface area (Å²) in [4.78, 5) is 29.0. The van der Waals surface area contributed by atoms with E-state index in [1.54, 1.807) is 18.9 Å². The van der Waals surface area contributed by atoms with Crippen LogP contribution in [0.5, 0.6) is 0 Å². The number of urea groups is 1. The van der Waals surface area contributed by atoms with Gasteiger partial charge in [0.25, 0.3) is 0 Å². The Morgan fingerprint density at radius 1 is 1.55 bits per heavy atom. The molecule has 1 aliphatic carbocycles. The lowest BCUT2D eigenvalue weighted by Crippen LogP contribution is -2.42. The smallest absolute Gasteiger partial charge is 0.347 e. The number of aryl methyl sites for hydroxylation is 1. The molecule has 1 saturated carbocycles. The van der Waals surface area contributed by atoms with Crippen molar-refractivity contribution in [3.05, 3.63) is 15.6 Å². The number of hydrogen-bond acceptors (Lipinski definition) is 4. The number of hydrogen-bond donors (Lipinski definition) is 2. The Hall–Kier alpha value is -1.63. The Bertz CT molecular complexity index is 525. The first kappa shape index (κ1) is 14.8. The molecule has 2 N–H and O–H groups in total. The van der Waals surface area contributed by atoms with E-state index in [2.05, 4.69) is 10.3 Å². The van der Waals surface area contributed by atoms with E-state index in [1.165, 1.54) is 12.8 Å². The molecule has 1 aromatic rings. The number of rotatable bonds is 5. The molecule has 2 rings (SSSR count). The molecule has 20 heavy (non-hydrogen) atoms. The molecular weight excluding hydrogens is 278 g/mol. The normalized spacial score (nSPS) is 15.8. The lowest BCUT2D eigenvalue weighted by Gasteiger charge is -2.24. The highest BCUT2D eigenvalue weighted by Gasteiger charge is 2.32. The van der Waals surface area contributed by atoms with Gasteiger partial charge in [0.2, 0.25) is 0 Å². The van der Waals surface area contributed by atoms with Crippen LogP contribution in [0.4, 0.5) is 4.79 Å². The zero-order valence-electron chi connectivity index (χ0n) is 11.8. The van der Waals surface area contributed by atoms with Crippen LogP contribution in [-0.4, -0.2) is 40.1 Å². The first-order valence-electron chi connectivity index (χ1n) is 6.60. The number of carbonyl (C=O) groups excluding carboxylic acids is 1. The van der Waals surface area contributed by atoms with Gasteiger partial charge in [-0.2, -0.15) is 0 Å². The Kier molecular flexibility index (Phi) is 4.27. The molecule has 0 radical (unpaired) electrons. The molecule has 1 aromatic heterocycles. The third-order valence-electron chi connectivity index (χ3n) is 3.66. The molecular formula is C13H19N3O3S. The third-order valence-corrected chi connectivity index (χ3v) is 4.81. The molecule has 1 unspecified atom stereocenters. The van der Waals surface area contributed by atoms with Crippen LogP contribution in [0.25, 0.3) is 0 Å². The van der Waals surface area contributed by atoms with Crippen molar-refractivity contribution in [2.45, 2.75) is 39.3 Å². The number of nitrogens with zero attached hydrogens (tertiary/aromatic N) is 2. The van der Waals surface area contributed by atoms with Gasteiger partial charge in [0.05, 0.1) is 12.2 Å². The molecule has 0 saturated heterocycles. The van der Waals surface area contributed by atoms with Gasteiger partial charge in [0, 0.05) is 13.1 Å². The van der Waals surface area contributed by atoms with Crippen molar-refractivity contribution in [2.24, 2.45) is 5.92 Å². The Balaban J connectivity index is 1.89. The lowest BCUT2D eigenvalue weighted by molar-refractivity contribution is 0.0701. The molecule has 7 heteroatoms. The van der Waals surface area contributed by atoms with Crippen LogP contribution in [-0.2, 0) is 6.54 Å². The number of aromatic carboxylic acids is 1. The van der Waals surface area contributed by atoms with Gasteiger partial charge in [-0.25, -0.2) is 14.6 Å². The summed E-state index contributed by atoms with van der Waals surface area (Å²) in [5, 5.41) is 12.4. The predicted molar refractivity (Wildman–Crippen MR) is 76.0 cm³/mol. The van der Waals surface area contributed by atoms with E-state index in [-0.39, 0.29) is 23.5 Å². The first-order valence-corrected chi connectivity index (χ1v) is 7.42. The number of carboxylic acid groups (broad SMARTS) is 1. The van der Waals surface area contributed by atoms with Gasteiger partial charge in [-0.1, -0.05) is 0 Å². The molecule has 1 fully saturated rings. The van der Waals surface area contributed by atoms with Crippen molar-refractivity contribution in [3.8, 4) is 0 Å². The van der Waals surface area contributed by atoms with Crippen LogP contribution >= 0.6 is 11.3 Å². The van der Waals surface area contributed by atoms with E-state index in [9.17, 15) is 9.59 Å². The zero-order valence-corrected chi connectivity index (χ0v) is 12.7. The topological polar surface area (TPSA) is 82.5 Å². The quantitative estimate of drug-likeness (QED) is 0.872. The van der Waals surface area contributed by atoms with E-state index in [1.807, 2.05) is 6.92 Å². The lowest BCUT2D eigenvalue weighted by atomic mass is 10.2. The molecule has 1 aliphatic rings. The third kappa shape index (κ3) is 3.27. The average Bonchev–Trinajstić information content (AvgIpc) is 3.17. The number of amides is 2. The first-order chi connectivity index (χ1) is 9.40. The summed E-state index contributed by atoms with van der Waals surface area (Å²) in [5.74, 6) is -0.358. The van der Waals surface area contributed by atoms with Crippen LogP contribution in [0.2, 0.25) is 0 Å². The fourth-order valence-electron chi connectivity index (χ4n) is 2.08. The zero-order chi connectivity index (χ0) is 14.9. The van der Waals surface area contributed by atoms with Crippen LogP contribution in [0.1, 0.15) is 40.1 Å². The Morgan fingerprint density at radius 2 is 2.20 bits per heavy atom. The highest BCUT2D eigenvalue weighted by molar-refractivity contribution is 7.13. The van der Waals surface area contributed by atoms with E-state index >= 15 is 0 Å². The van der Waals surface area contributed by atoms with Crippen molar-refractivity contribution in [1.82, 2.24) is 15.2 Å². The van der Waals surface area contributed by atoms with E-state index in [0.29, 0.717) is 16.6 Å². The molecule has 1 atom stereocenters. The highest BCUT2D eigenvalue weighted by atomic mass is 32.1. The fourth-order valence-corrected chi connectivity index (χ4v) is 2.93. The van der Waals surface area contributed by atoms with Gasteiger partial charge < -0.3 is 15.3 Å². The maximum atomic E-state index is 12.0. The van der Waals surface area contributed by atoms with Crippen LogP contribution in [0.15, 0.2) is 0 Å². The second-order valence-corrected chi connectivity index (χ2v) is 6.26. The number of carbonyl (C=O) groups is 2. The van der Waals surface area contributed by atoms with Gasteiger partial charge in [-0.3, -0.25) is 0 Å². The van der Waals surface area contributed by atoms with Gasteiger partial charge in [0.1, 0.15) is 9.88 Å². The summed E-state index contributed by atoms with van der Waals surface area (Å²) in [6, 6.07) is 0.0942. The standard InChI is InChI=1S/C13H19N3O3S/c1-7-11(12(17)18)20-10(15-7)6-14-13(19)16(3)8(2)9-4-5-9/h8-9H,4-6H2,1-3H3,(H,14,19)(H,17,18). The predicted octanol–water partition coefficient (Wildman–Crippen LogP) is 2.09. The van der Waals surface area contributed by atoms with Gasteiger partial charge in [0.15, 0.2) is 0 Å². The maximum Gasteiger partial charge on any atom is 0.347 e. The molecule has 0 aliphatic heterocycles. The summed E-state index contributed by atoms with van der Waals surface area (Å²) < 4.78 is 0. The number of nitrogens with one attached hydrogen (secondary N) is 1. The summed E-state index contributed by atoms with van der Waals surface area (Å²) in [5.41, 5.74) is 0.492. The number of carboxylic acids is 1. The maximum absolute atomic E-state index is 12.0. The summed E-state index contributed by atoms with van der Waals surface area (Å²) in [6.07, 6.45) is 2.37. The van der Waals surface area contributed by atoms with Crippen molar-refractivity contribution < 1.29 is 14.7 Å². The minimum absolute atomic E-state index is 0.144. The van der Waals surface area contributed by atoms with Gasteiger partial charge in [-0.05, 0) is 32.6 Å². The minimum Gasteiger partial charge on any atom is -0.477 e. The fraction of sp³-hybridized carbons (Fsp3) is 0.615. The molecule has 0 spiro atoms. The molecule has 110 valence electrons. The SMILES string of the molecule is Cc1nc(CNC(=O)N(C)C(C)C2CC2)sc1C(=O)O. The second-order valence-electron chi connectivity index (χ2n) is 5.17. The molecule has 1 heterocycles. The monoisotopic (exact) mass is 297 g/mol. The Morgan fingerprint density at radius 3 is 2.70 bits per heavy atom. The van der Waals surface area contributed by atoms with Crippen LogP contribution < -0.4 is 5.32 Å². The van der Waals surface area contributed by atoms with Gasteiger partial charge >= 0.3 is 12.0 Å². The highest BCUT2D eigenvalue weighted by Crippen LogP contribution is 2.34. The Labute approximate surface area is 121 Å². The second kappa shape index (κ2) is 5.78. The van der Waals surface area contributed by atoms with E-state index in [0.717, 1.165) is 11.3 Å². The summed E-state index contributed by atoms with van der Waals surface area (Å²) in [7, 11) is 1.79. The molecule has 2 amide bonds. The van der Waals surface area contributed by atoms with E-state index in [4.69, 9.17) is 5.11 Å². The molecule has 0 aromatic carbocycles. The molecule has 6 nitrogen and oxygen atoms in total. The number of aromatic nitrogens is 1. The van der Waals surface area contributed by atoms with Crippen molar-refractivity contribution in [1.29, 1.82) is 0 Å². The van der Waals surface area contributed by atoms with Crippen LogP contribution in [0, 0.1) is 12.8 Å². The minimum atomic E-state index is -0.975. The van der Waals surface area contributed by atoms with Crippen molar-refractivity contribution in [3.63, 3.8) is 0 Å². The van der Waals surface area contributed by atoms with E-state index < -0.39 is 5.97 Å². The molecule has 0 bridgehead atoms. The van der Waals surface area contributed by atoms with Crippen molar-refractivity contribution in [2.75, 3.05) is 7.05 Å².